The van der Waals surface area contributed by atoms with Gasteiger partial charge in [0.2, 0.25) is 0 Å². The number of rotatable bonds is 9. The van der Waals surface area contributed by atoms with Gasteiger partial charge in [0.1, 0.15) is 0 Å². The van der Waals surface area contributed by atoms with Crippen LogP contribution < -0.4 is 16.0 Å². The summed E-state index contributed by atoms with van der Waals surface area (Å²) < 4.78 is 6.32. The second-order valence-electron chi connectivity index (χ2n) is 6.88. The molecule has 0 spiro atoms. The van der Waals surface area contributed by atoms with Crippen LogP contribution in [-0.2, 0) is 16.0 Å². The molecule has 3 amide bonds. The van der Waals surface area contributed by atoms with Gasteiger partial charge in [0.05, 0.1) is 24.9 Å². The summed E-state index contributed by atoms with van der Waals surface area (Å²) in [6.07, 6.45) is 2.59. The molecule has 1 aromatic heterocycles. The Morgan fingerprint density at radius 2 is 1.69 bits per heavy atom. The van der Waals surface area contributed by atoms with Crippen molar-refractivity contribution in [3.05, 3.63) is 78.1 Å². The van der Waals surface area contributed by atoms with Crippen LogP contribution in [0.5, 0.6) is 0 Å². The molecule has 9 heteroatoms. The van der Waals surface area contributed by atoms with Crippen LogP contribution in [-0.4, -0.2) is 47.9 Å². The fourth-order valence-corrected chi connectivity index (χ4v) is 2.89. The molecule has 3 rings (SSSR count). The number of nitrogens with one attached hydrogen (secondary N) is 3. The van der Waals surface area contributed by atoms with E-state index in [1.807, 2.05) is 42.6 Å². The fourth-order valence-electron chi connectivity index (χ4n) is 2.89. The summed E-state index contributed by atoms with van der Waals surface area (Å²) in [5.74, 6) is -0.694. The number of aromatic nitrogens is 2. The summed E-state index contributed by atoms with van der Waals surface area (Å²) in [4.78, 5) is 35.2. The Kier molecular flexibility index (Phi) is 7.96. The summed E-state index contributed by atoms with van der Waals surface area (Å²) in [7, 11) is 1.30. The zero-order chi connectivity index (χ0) is 22.8. The van der Waals surface area contributed by atoms with Gasteiger partial charge in [0.15, 0.2) is 0 Å². The highest BCUT2D eigenvalue weighted by atomic mass is 16.5. The number of methoxy groups -OCH3 is 1. The normalized spacial score (nSPS) is 10.3. The Labute approximate surface area is 185 Å². The lowest BCUT2D eigenvalue weighted by Gasteiger charge is -2.08. The average Bonchev–Trinajstić information content (AvgIpc) is 3.29. The predicted octanol–water partition coefficient (Wildman–Crippen LogP) is 2.53. The maximum atomic E-state index is 12.1. The monoisotopic (exact) mass is 435 g/mol. The van der Waals surface area contributed by atoms with E-state index in [1.165, 1.54) is 7.11 Å². The van der Waals surface area contributed by atoms with Gasteiger partial charge >= 0.3 is 12.0 Å². The van der Waals surface area contributed by atoms with E-state index in [9.17, 15) is 14.4 Å². The lowest BCUT2D eigenvalue weighted by molar-refractivity contribution is -0.140. The summed E-state index contributed by atoms with van der Waals surface area (Å²) in [5, 5.41) is 12.6. The molecule has 1 heterocycles. The van der Waals surface area contributed by atoms with Crippen molar-refractivity contribution in [2.24, 2.45) is 0 Å². The number of carbonyl (C=O) groups excluding carboxylic acids is 3. The first kappa shape index (κ1) is 22.5. The van der Waals surface area contributed by atoms with E-state index in [0.29, 0.717) is 24.2 Å². The largest absolute Gasteiger partial charge is 0.469 e. The van der Waals surface area contributed by atoms with Crippen LogP contribution in [0, 0.1) is 0 Å². The lowest BCUT2D eigenvalue weighted by Crippen LogP contribution is -2.30. The van der Waals surface area contributed by atoms with Crippen LogP contribution in [0.15, 0.2) is 66.9 Å². The first-order valence-electron chi connectivity index (χ1n) is 10.1. The third kappa shape index (κ3) is 6.69. The molecule has 0 aliphatic rings. The molecule has 0 aliphatic heterocycles. The summed E-state index contributed by atoms with van der Waals surface area (Å²) in [6, 6.07) is 17.8. The summed E-state index contributed by atoms with van der Waals surface area (Å²) in [5.41, 5.74) is 2.83. The minimum atomic E-state index is -0.389. The van der Waals surface area contributed by atoms with Crippen LogP contribution in [0.2, 0.25) is 0 Å². The minimum Gasteiger partial charge on any atom is -0.469 e. The van der Waals surface area contributed by atoms with Gasteiger partial charge in [-0.3, -0.25) is 9.59 Å². The van der Waals surface area contributed by atoms with Crippen molar-refractivity contribution in [1.82, 2.24) is 20.4 Å². The third-order valence-corrected chi connectivity index (χ3v) is 4.58. The van der Waals surface area contributed by atoms with Crippen LogP contribution in [0.3, 0.4) is 0 Å². The number of amides is 3. The Morgan fingerprint density at radius 1 is 0.938 bits per heavy atom. The molecule has 9 nitrogen and oxygen atoms in total. The van der Waals surface area contributed by atoms with E-state index in [1.54, 1.807) is 28.9 Å². The van der Waals surface area contributed by atoms with E-state index < -0.39 is 0 Å². The van der Waals surface area contributed by atoms with Gasteiger partial charge in [0.25, 0.3) is 5.91 Å². The molecule has 0 saturated heterocycles. The Morgan fingerprint density at radius 3 is 2.41 bits per heavy atom. The van der Waals surface area contributed by atoms with Gasteiger partial charge in [-0.2, -0.15) is 5.10 Å². The van der Waals surface area contributed by atoms with Crippen molar-refractivity contribution >= 4 is 23.6 Å². The van der Waals surface area contributed by atoms with E-state index in [0.717, 1.165) is 11.4 Å². The number of nitrogens with zero attached hydrogens (tertiary/aromatic N) is 2. The first-order valence-corrected chi connectivity index (χ1v) is 10.1. The van der Waals surface area contributed by atoms with Crippen molar-refractivity contribution in [1.29, 1.82) is 0 Å². The SMILES string of the molecule is COC(=O)CCNC(=O)c1ccc(NC(=O)NCCc2ccn(-c3ccccc3)n2)cc1. The summed E-state index contributed by atoms with van der Waals surface area (Å²) >= 11 is 0. The second kappa shape index (κ2) is 11.3. The molecule has 0 radical (unpaired) electrons. The predicted molar refractivity (Wildman–Crippen MR) is 120 cm³/mol. The molecule has 3 aromatic rings. The van der Waals surface area contributed by atoms with Gasteiger partial charge in [-0.1, -0.05) is 18.2 Å². The number of ether oxygens (including phenoxy) is 1. The molecule has 32 heavy (non-hydrogen) atoms. The first-order chi connectivity index (χ1) is 15.5. The van der Waals surface area contributed by atoms with Crippen molar-refractivity contribution in [3.8, 4) is 5.69 Å². The van der Waals surface area contributed by atoms with Gasteiger partial charge < -0.3 is 20.7 Å². The average molecular weight is 435 g/mol. The lowest BCUT2D eigenvalue weighted by atomic mass is 10.2. The van der Waals surface area contributed by atoms with Crippen LogP contribution >= 0.6 is 0 Å². The Bertz CT molecular complexity index is 1050. The molecule has 0 fully saturated rings. The third-order valence-electron chi connectivity index (χ3n) is 4.58. The standard InChI is InChI=1S/C23H25N5O4/c1-32-21(29)12-15-24-22(30)17-7-9-18(10-8-17)26-23(31)25-14-11-19-13-16-28(27-19)20-5-3-2-4-6-20/h2-10,13,16H,11-12,14-15H2,1H3,(H,24,30)(H2,25,26,31). The van der Waals surface area contributed by atoms with E-state index in [2.05, 4.69) is 25.8 Å². The quantitative estimate of drug-likeness (QED) is 0.447. The Balaban J connectivity index is 1.40. The molecule has 0 atom stereocenters. The number of urea groups is 1. The molecule has 0 saturated carbocycles. The number of carbonyl (C=O) groups is 3. The highest BCUT2D eigenvalue weighted by molar-refractivity contribution is 5.95. The maximum absolute atomic E-state index is 12.1. The minimum absolute atomic E-state index is 0.106. The smallest absolute Gasteiger partial charge is 0.319 e. The number of esters is 1. The molecule has 0 bridgehead atoms. The number of hydrogen-bond donors (Lipinski definition) is 3. The van der Waals surface area contributed by atoms with E-state index in [4.69, 9.17) is 0 Å². The molecule has 166 valence electrons. The van der Waals surface area contributed by atoms with Crippen molar-refractivity contribution in [2.45, 2.75) is 12.8 Å². The zero-order valence-electron chi connectivity index (χ0n) is 17.7. The molecular weight excluding hydrogens is 410 g/mol. The fraction of sp³-hybridized carbons (Fsp3) is 0.217. The Hall–Kier alpha value is -4.14. The van der Waals surface area contributed by atoms with E-state index >= 15 is 0 Å². The van der Waals surface area contributed by atoms with Gasteiger partial charge in [-0.15, -0.1) is 0 Å². The van der Waals surface area contributed by atoms with Crippen molar-refractivity contribution < 1.29 is 19.1 Å². The highest BCUT2D eigenvalue weighted by Crippen LogP contribution is 2.10. The number of anilines is 1. The zero-order valence-corrected chi connectivity index (χ0v) is 17.7. The van der Waals surface area contributed by atoms with E-state index in [-0.39, 0.29) is 30.9 Å². The molecule has 3 N–H and O–H groups in total. The maximum Gasteiger partial charge on any atom is 0.319 e. The number of para-hydroxylation sites is 1. The van der Waals surface area contributed by atoms with Crippen LogP contribution in [0.25, 0.3) is 5.69 Å². The van der Waals surface area contributed by atoms with Gasteiger partial charge in [-0.25, -0.2) is 9.48 Å². The topological polar surface area (TPSA) is 114 Å². The molecule has 2 aromatic carbocycles. The molecule has 0 unspecified atom stereocenters. The number of benzene rings is 2. The molecule has 0 aliphatic carbocycles. The second-order valence-corrected chi connectivity index (χ2v) is 6.88. The van der Waals surface area contributed by atoms with Crippen LogP contribution in [0.1, 0.15) is 22.5 Å². The van der Waals surface area contributed by atoms with Crippen LogP contribution in [0.4, 0.5) is 10.5 Å². The van der Waals surface area contributed by atoms with Gasteiger partial charge in [0, 0.05) is 37.0 Å². The summed E-state index contributed by atoms with van der Waals surface area (Å²) in [6.45, 7) is 0.621. The van der Waals surface area contributed by atoms with Gasteiger partial charge in [-0.05, 0) is 42.5 Å². The molecular formula is C23H25N5O4. The van der Waals surface area contributed by atoms with Crippen molar-refractivity contribution in [3.63, 3.8) is 0 Å². The number of hydrogen-bond acceptors (Lipinski definition) is 5. The van der Waals surface area contributed by atoms with Crippen molar-refractivity contribution in [2.75, 3.05) is 25.5 Å². The highest BCUT2D eigenvalue weighted by Gasteiger charge is 2.08.